The third-order valence-corrected chi connectivity index (χ3v) is 6.53. The number of hydrogen-bond donors (Lipinski definition) is 2. The van der Waals surface area contributed by atoms with Crippen molar-refractivity contribution >= 4 is 21.6 Å². The van der Waals surface area contributed by atoms with Crippen LogP contribution in [-0.2, 0) is 14.8 Å². The number of para-hydroxylation sites is 1. The molecule has 0 radical (unpaired) electrons. The third kappa shape index (κ3) is 6.05. The maximum atomic E-state index is 13.0. The Morgan fingerprint density at radius 3 is 2.53 bits per heavy atom. The Bertz CT molecular complexity index is 1340. The molecular formula is C23H27N5O7S. The molecule has 1 amide bonds. The first-order valence-corrected chi connectivity index (χ1v) is 12.6. The summed E-state index contributed by atoms with van der Waals surface area (Å²) in [5.74, 6) is -0.497. The Morgan fingerprint density at radius 2 is 1.89 bits per heavy atom. The minimum atomic E-state index is -4.22. The van der Waals surface area contributed by atoms with Crippen LogP contribution < -0.4 is 14.8 Å². The van der Waals surface area contributed by atoms with E-state index in [1.165, 1.54) is 17.9 Å². The molecule has 2 aromatic carbocycles. The summed E-state index contributed by atoms with van der Waals surface area (Å²) in [5, 5.41) is 18.5. The van der Waals surface area contributed by atoms with Crippen molar-refractivity contribution in [2.45, 2.75) is 25.2 Å². The molecule has 13 heteroatoms. The van der Waals surface area contributed by atoms with Crippen molar-refractivity contribution in [3.05, 3.63) is 69.9 Å². The van der Waals surface area contributed by atoms with E-state index in [0.717, 1.165) is 18.6 Å². The number of carbonyl (C=O) groups is 1. The number of nitro benzene ring substituents is 1. The van der Waals surface area contributed by atoms with E-state index in [4.69, 9.17) is 9.47 Å². The van der Waals surface area contributed by atoms with Crippen LogP contribution in [0.25, 0.3) is 5.69 Å². The predicted molar refractivity (Wildman–Crippen MR) is 131 cm³/mol. The fourth-order valence-corrected chi connectivity index (χ4v) is 4.41. The minimum absolute atomic E-state index is 0.0519. The highest BCUT2D eigenvalue weighted by atomic mass is 32.2. The average molecular weight is 518 g/mol. The number of nitrogens with zero attached hydrogens (tertiary/aromatic N) is 3. The van der Waals surface area contributed by atoms with Gasteiger partial charge in [0, 0.05) is 37.9 Å². The van der Waals surface area contributed by atoms with Gasteiger partial charge in [-0.1, -0.05) is 25.1 Å². The monoisotopic (exact) mass is 517 g/mol. The second-order valence-electron chi connectivity index (χ2n) is 7.66. The van der Waals surface area contributed by atoms with E-state index in [0.29, 0.717) is 17.8 Å². The number of benzene rings is 2. The van der Waals surface area contributed by atoms with Crippen LogP contribution in [0.2, 0.25) is 0 Å². The quantitative estimate of drug-likeness (QED) is 0.211. The summed E-state index contributed by atoms with van der Waals surface area (Å²) in [5.41, 5.74) is 0.602. The molecule has 1 aromatic heterocycles. The number of amides is 1. The Morgan fingerprint density at radius 1 is 1.17 bits per heavy atom. The van der Waals surface area contributed by atoms with Crippen LogP contribution in [0, 0.1) is 17.0 Å². The SMILES string of the molecule is CCCNC(=O)c1nn(-c2ccccc2)c(Oc2ccc([N+](=O)[O-])cc2S(=O)(=O)NCCOC)c1C. The van der Waals surface area contributed by atoms with Crippen molar-refractivity contribution in [3.8, 4) is 17.3 Å². The number of aromatic nitrogens is 2. The number of nitrogens with one attached hydrogen (secondary N) is 2. The van der Waals surface area contributed by atoms with Crippen molar-refractivity contribution in [1.82, 2.24) is 19.8 Å². The first kappa shape index (κ1) is 26.8. The maximum Gasteiger partial charge on any atom is 0.272 e. The predicted octanol–water partition coefficient (Wildman–Crippen LogP) is 2.95. The van der Waals surface area contributed by atoms with Crippen LogP contribution in [0.1, 0.15) is 29.4 Å². The molecule has 192 valence electrons. The average Bonchev–Trinajstić information content (AvgIpc) is 3.19. The summed E-state index contributed by atoms with van der Waals surface area (Å²) >= 11 is 0. The van der Waals surface area contributed by atoms with E-state index in [9.17, 15) is 23.3 Å². The van der Waals surface area contributed by atoms with E-state index in [-0.39, 0.29) is 30.5 Å². The first-order chi connectivity index (χ1) is 17.2. The van der Waals surface area contributed by atoms with Gasteiger partial charge in [-0.3, -0.25) is 14.9 Å². The van der Waals surface area contributed by atoms with Crippen LogP contribution in [0.3, 0.4) is 0 Å². The van der Waals surface area contributed by atoms with Crippen molar-refractivity contribution < 1.29 is 27.6 Å². The normalized spacial score (nSPS) is 11.3. The Hall–Kier alpha value is -3.81. The minimum Gasteiger partial charge on any atom is -0.437 e. The molecule has 36 heavy (non-hydrogen) atoms. The smallest absolute Gasteiger partial charge is 0.272 e. The second-order valence-corrected chi connectivity index (χ2v) is 9.40. The molecule has 0 atom stereocenters. The van der Waals surface area contributed by atoms with Crippen LogP contribution >= 0.6 is 0 Å². The van der Waals surface area contributed by atoms with Crippen LogP contribution in [0.5, 0.6) is 11.6 Å². The summed E-state index contributed by atoms with van der Waals surface area (Å²) in [6.07, 6.45) is 0.730. The van der Waals surface area contributed by atoms with E-state index in [1.54, 1.807) is 31.2 Å². The Balaban J connectivity index is 2.14. The van der Waals surface area contributed by atoms with Crippen LogP contribution in [0.4, 0.5) is 5.69 Å². The van der Waals surface area contributed by atoms with E-state index in [2.05, 4.69) is 15.1 Å². The third-order valence-electron chi connectivity index (χ3n) is 5.05. The summed E-state index contributed by atoms with van der Waals surface area (Å²) in [4.78, 5) is 22.9. The van der Waals surface area contributed by atoms with Gasteiger partial charge in [-0.05, 0) is 31.5 Å². The van der Waals surface area contributed by atoms with Gasteiger partial charge in [0.05, 0.1) is 17.2 Å². The standard InChI is InChI=1S/C23H27N5O7S/c1-4-12-24-22(29)21-16(2)23(27(26-21)17-8-6-5-7-9-17)35-19-11-10-18(28(30)31)15-20(19)36(32,33)25-13-14-34-3/h5-11,15,25H,4,12-14H2,1-3H3,(H,24,29). The number of non-ortho nitro benzene ring substituents is 1. The molecule has 3 rings (SSSR count). The van der Waals surface area contributed by atoms with Gasteiger partial charge < -0.3 is 14.8 Å². The number of methoxy groups -OCH3 is 1. The van der Waals surface area contributed by atoms with Gasteiger partial charge >= 0.3 is 0 Å². The molecule has 0 aliphatic carbocycles. The molecule has 0 spiro atoms. The molecule has 0 aliphatic heterocycles. The van der Waals surface area contributed by atoms with Crippen LogP contribution in [0.15, 0.2) is 53.4 Å². The fourth-order valence-electron chi connectivity index (χ4n) is 3.25. The lowest BCUT2D eigenvalue weighted by atomic mass is 10.2. The molecule has 0 unspecified atom stereocenters. The van der Waals surface area contributed by atoms with Gasteiger partial charge in [0.1, 0.15) is 10.6 Å². The molecular weight excluding hydrogens is 490 g/mol. The van der Waals surface area contributed by atoms with Crippen LogP contribution in [-0.4, -0.2) is 55.8 Å². The molecule has 0 fully saturated rings. The topological polar surface area (TPSA) is 155 Å². The molecule has 3 aromatic rings. The van der Waals surface area contributed by atoms with E-state index in [1.807, 2.05) is 13.0 Å². The molecule has 0 bridgehead atoms. The van der Waals surface area contributed by atoms with Crippen molar-refractivity contribution in [3.63, 3.8) is 0 Å². The lowest BCUT2D eigenvalue weighted by Gasteiger charge is -2.14. The van der Waals surface area contributed by atoms with Gasteiger partial charge in [0.2, 0.25) is 15.9 Å². The number of nitro groups is 1. The molecule has 0 saturated heterocycles. The van der Waals surface area contributed by atoms with Gasteiger partial charge in [0.25, 0.3) is 11.6 Å². The van der Waals surface area contributed by atoms with E-state index < -0.39 is 31.4 Å². The number of hydrogen-bond acceptors (Lipinski definition) is 8. The fraction of sp³-hybridized carbons (Fsp3) is 0.304. The largest absolute Gasteiger partial charge is 0.437 e. The second kappa shape index (κ2) is 11.7. The highest BCUT2D eigenvalue weighted by molar-refractivity contribution is 7.89. The molecule has 0 aliphatic rings. The number of rotatable bonds is 12. The Kier molecular flexibility index (Phi) is 8.74. The Labute approximate surface area is 208 Å². The van der Waals surface area contributed by atoms with E-state index >= 15 is 0 Å². The molecule has 1 heterocycles. The molecule has 0 saturated carbocycles. The number of carbonyl (C=O) groups excluding carboxylic acids is 1. The zero-order chi connectivity index (χ0) is 26.3. The summed E-state index contributed by atoms with van der Waals surface area (Å²) in [7, 11) is -2.80. The van der Waals surface area contributed by atoms with Gasteiger partial charge in [-0.2, -0.15) is 9.78 Å². The van der Waals surface area contributed by atoms with Gasteiger partial charge in [0.15, 0.2) is 5.69 Å². The van der Waals surface area contributed by atoms with Crippen molar-refractivity contribution in [2.24, 2.45) is 0 Å². The maximum absolute atomic E-state index is 13.0. The van der Waals surface area contributed by atoms with Gasteiger partial charge in [-0.25, -0.2) is 13.1 Å². The molecule has 12 nitrogen and oxygen atoms in total. The summed E-state index contributed by atoms with van der Waals surface area (Å²) in [6.45, 7) is 4.04. The van der Waals surface area contributed by atoms with Crippen molar-refractivity contribution in [2.75, 3.05) is 26.8 Å². The number of sulfonamides is 1. The lowest BCUT2D eigenvalue weighted by Crippen LogP contribution is -2.27. The number of ether oxygens (including phenoxy) is 2. The highest BCUT2D eigenvalue weighted by Gasteiger charge is 2.27. The molecule has 2 N–H and O–H groups in total. The summed E-state index contributed by atoms with van der Waals surface area (Å²) in [6, 6.07) is 12.1. The zero-order valence-electron chi connectivity index (χ0n) is 20.1. The first-order valence-electron chi connectivity index (χ1n) is 11.1. The van der Waals surface area contributed by atoms with Crippen molar-refractivity contribution in [1.29, 1.82) is 0 Å². The highest BCUT2D eigenvalue weighted by Crippen LogP contribution is 2.35. The van der Waals surface area contributed by atoms with Gasteiger partial charge in [-0.15, -0.1) is 0 Å². The summed E-state index contributed by atoms with van der Waals surface area (Å²) < 4.78 is 40.6. The lowest BCUT2D eigenvalue weighted by molar-refractivity contribution is -0.385. The zero-order valence-corrected chi connectivity index (χ0v) is 20.9.